The molecule has 3 aromatic rings. The maximum Gasteiger partial charge on any atom is 0.253 e. The number of amides is 1. The Morgan fingerprint density at radius 2 is 1.82 bits per heavy atom. The zero-order valence-electron chi connectivity index (χ0n) is 24.1. The summed E-state index contributed by atoms with van der Waals surface area (Å²) in [7, 11) is 2.14. The summed E-state index contributed by atoms with van der Waals surface area (Å²) in [6.45, 7) is 14.2. The number of nitrogens with one attached hydrogen (secondary N) is 3. The molecule has 1 aliphatic rings. The molecule has 1 saturated heterocycles. The predicted molar refractivity (Wildman–Crippen MR) is 160 cm³/mol. The molecule has 0 aliphatic carbocycles. The van der Waals surface area contributed by atoms with Crippen LogP contribution in [-0.4, -0.2) is 60.0 Å². The van der Waals surface area contributed by atoms with Crippen molar-refractivity contribution in [3.05, 3.63) is 74.8 Å². The van der Waals surface area contributed by atoms with Gasteiger partial charge in [-0.1, -0.05) is 13.3 Å². The van der Waals surface area contributed by atoms with Crippen molar-refractivity contribution >= 4 is 17.4 Å². The third-order valence-corrected chi connectivity index (χ3v) is 7.31. The first kappa shape index (κ1) is 28.4. The minimum absolute atomic E-state index is 0.141. The van der Waals surface area contributed by atoms with Crippen molar-refractivity contribution in [1.82, 2.24) is 20.2 Å². The number of likely N-dealkylation sites (N-methyl/N-ethyl adjacent to an activating group) is 1. The number of pyridine rings is 2. The molecule has 0 atom stereocenters. The van der Waals surface area contributed by atoms with E-state index in [1.165, 1.54) is 0 Å². The molecule has 39 heavy (non-hydrogen) atoms. The lowest BCUT2D eigenvalue weighted by Gasteiger charge is -2.33. The third-order valence-electron chi connectivity index (χ3n) is 7.31. The van der Waals surface area contributed by atoms with Crippen LogP contribution in [0.1, 0.15) is 59.9 Å². The Morgan fingerprint density at radius 1 is 1.08 bits per heavy atom. The fourth-order valence-electron chi connectivity index (χ4n) is 5.09. The Hall–Kier alpha value is -3.65. The average molecular weight is 531 g/mol. The number of rotatable bonds is 9. The molecule has 0 saturated carbocycles. The maximum atomic E-state index is 13.5. The lowest BCUT2D eigenvalue weighted by molar-refractivity contribution is 0.0950. The van der Waals surface area contributed by atoms with Gasteiger partial charge in [-0.05, 0) is 88.2 Å². The number of piperazine rings is 1. The molecule has 0 radical (unpaired) electrons. The van der Waals surface area contributed by atoms with Crippen LogP contribution in [0.4, 0.5) is 11.5 Å². The highest BCUT2D eigenvalue weighted by Crippen LogP contribution is 2.30. The van der Waals surface area contributed by atoms with Crippen molar-refractivity contribution in [2.24, 2.45) is 0 Å². The maximum absolute atomic E-state index is 13.5. The van der Waals surface area contributed by atoms with E-state index < -0.39 is 0 Å². The first-order valence-electron chi connectivity index (χ1n) is 14.0. The summed E-state index contributed by atoms with van der Waals surface area (Å²) < 4.78 is 0. The van der Waals surface area contributed by atoms with E-state index in [0.29, 0.717) is 11.1 Å². The SMILES string of the molecule is CCCc1cc(C)[nH]c(=O)c1CNC(=O)c1cc(-c2ccc(N3CCN(C)CC3)nc2)cc(NC(C)C)c1C. The van der Waals surface area contributed by atoms with Gasteiger partial charge in [-0.25, -0.2) is 4.98 Å². The van der Waals surface area contributed by atoms with Gasteiger partial charge in [-0.3, -0.25) is 9.59 Å². The number of H-pyrrole nitrogens is 1. The molecule has 0 bridgehead atoms. The van der Waals surface area contributed by atoms with Crippen molar-refractivity contribution in [3.8, 4) is 11.1 Å². The van der Waals surface area contributed by atoms with E-state index >= 15 is 0 Å². The van der Waals surface area contributed by atoms with Gasteiger partial charge in [-0.2, -0.15) is 0 Å². The molecule has 4 rings (SSSR count). The van der Waals surface area contributed by atoms with Crippen LogP contribution in [0.3, 0.4) is 0 Å². The van der Waals surface area contributed by atoms with Crippen molar-refractivity contribution < 1.29 is 4.79 Å². The van der Waals surface area contributed by atoms with Crippen LogP contribution in [0, 0.1) is 13.8 Å². The number of nitrogens with zero attached hydrogens (tertiary/aromatic N) is 3. The van der Waals surface area contributed by atoms with Crippen molar-refractivity contribution in [2.75, 3.05) is 43.4 Å². The number of aromatic nitrogens is 2. The molecule has 8 nitrogen and oxygen atoms in total. The van der Waals surface area contributed by atoms with Gasteiger partial charge in [-0.15, -0.1) is 0 Å². The van der Waals surface area contributed by atoms with Gasteiger partial charge in [0.15, 0.2) is 0 Å². The number of aromatic amines is 1. The summed E-state index contributed by atoms with van der Waals surface area (Å²) in [4.78, 5) is 38.5. The smallest absolute Gasteiger partial charge is 0.253 e. The van der Waals surface area contributed by atoms with E-state index in [2.05, 4.69) is 71.4 Å². The van der Waals surface area contributed by atoms with Crippen LogP contribution in [0.15, 0.2) is 41.3 Å². The molecule has 3 N–H and O–H groups in total. The van der Waals surface area contributed by atoms with Crippen LogP contribution in [0.2, 0.25) is 0 Å². The van der Waals surface area contributed by atoms with Crippen molar-refractivity contribution in [1.29, 1.82) is 0 Å². The van der Waals surface area contributed by atoms with Gasteiger partial charge in [0, 0.05) is 73.0 Å². The number of hydrogen-bond acceptors (Lipinski definition) is 6. The van der Waals surface area contributed by atoms with Crippen LogP contribution in [0.25, 0.3) is 11.1 Å². The van der Waals surface area contributed by atoms with E-state index in [9.17, 15) is 9.59 Å². The Bertz CT molecular complexity index is 1350. The van der Waals surface area contributed by atoms with Gasteiger partial charge in [0.2, 0.25) is 0 Å². The molecular weight excluding hydrogens is 488 g/mol. The first-order chi connectivity index (χ1) is 18.7. The van der Waals surface area contributed by atoms with E-state index in [1.54, 1.807) is 0 Å². The van der Waals surface area contributed by atoms with Gasteiger partial charge in [0.25, 0.3) is 11.5 Å². The molecule has 8 heteroatoms. The largest absolute Gasteiger partial charge is 0.383 e. The second-order valence-corrected chi connectivity index (χ2v) is 10.9. The highest BCUT2D eigenvalue weighted by molar-refractivity contribution is 5.98. The second kappa shape index (κ2) is 12.5. The standard InChI is InChI=1S/C31H42N6O2/c1-7-8-23-15-21(4)35-31(39)27(23)19-33-30(38)26-16-25(17-28(22(26)5)34-20(2)3)24-9-10-29(32-18-24)37-13-11-36(6)12-14-37/h9-10,15-18,20,34H,7-8,11-14,19H2,1-6H3,(H,33,38)(H,35,39). The Balaban J connectivity index is 1.61. The number of benzene rings is 1. The Morgan fingerprint density at radius 3 is 2.46 bits per heavy atom. The zero-order valence-corrected chi connectivity index (χ0v) is 24.1. The summed E-state index contributed by atoms with van der Waals surface area (Å²) >= 11 is 0. The quantitative estimate of drug-likeness (QED) is 0.377. The summed E-state index contributed by atoms with van der Waals surface area (Å²) in [5.41, 5.74) is 6.54. The van der Waals surface area contributed by atoms with E-state index in [0.717, 1.165) is 78.5 Å². The number of carbonyl (C=O) groups excluding carboxylic acids is 1. The number of hydrogen-bond donors (Lipinski definition) is 3. The molecule has 208 valence electrons. The number of carbonyl (C=O) groups is 1. The second-order valence-electron chi connectivity index (χ2n) is 10.9. The minimum Gasteiger partial charge on any atom is -0.383 e. The molecule has 2 aromatic heterocycles. The number of anilines is 2. The topological polar surface area (TPSA) is 93.4 Å². The van der Waals surface area contributed by atoms with E-state index in [1.807, 2.05) is 32.2 Å². The lowest BCUT2D eigenvalue weighted by atomic mass is 9.97. The van der Waals surface area contributed by atoms with Gasteiger partial charge >= 0.3 is 0 Å². The molecule has 0 unspecified atom stereocenters. The monoisotopic (exact) mass is 530 g/mol. The third kappa shape index (κ3) is 6.87. The minimum atomic E-state index is -0.203. The molecule has 0 spiro atoms. The molecule has 1 aromatic carbocycles. The summed E-state index contributed by atoms with van der Waals surface area (Å²) in [5.74, 6) is 0.772. The van der Waals surface area contributed by atoms with Crippen LogP contribution < -0.4 is 21.1 Å². The lowest BCUT2D eigenvalue weighted by Crippen LogP contribution is -2.44. The number of aryl methyl sites for hydroxylation is 2. The van der Waals surface area contributed by atoms with Gasteiger partial charge < -0.3 is 25.4 Å². The predicted octanol–water partition coefficient (Wildman–Crippen LogP) is 4.51. The van der Waals surface area contributed by atoms with Crippen LogP contribution in [-0.2, 0) is 13.0 Å². The fraction of sp³-hybridized carbons (Fsp3) is 0.452. The molecule has 1 amide bonds. The van der Waals surface area contributed by atoms with Crippen molar-refractivity contribution in [2.45, 2.75) is 60.0 Å². The Kier molecular flexibility index (Phi) is 9.07. The molecule has 1 fully saturated rings. The average Bonchev–Trinajstić information content (AvgIpc) is 2.89. The highest BCUT2D eigenvalue weighted by Gasteiger charge is 2.19. The normalized spacial score (nSPS) is 14.1. The zero-order chi connectivity index (χ0) is 28.1. The molecular formula is C31H42N6O2. The van der Waals surface area contributed by atoms with E-state index in [4.69, 9.17) is 4.98 Å². The summed E-state index contributed by atoms with van der Waals surface area (Å²) in [6, 6.07) is 10.4. The van der Waals surface area contributed by atoms with Gasteiger partial charge in [0.05, 0.1) is 0 Å². The molecule has 1 aliphatic heterocycles. The summed E-state index contributed by atoms with van der Waals surface area (Å²) in [5, 5.41) is 6.51. The van der Waals surface area contributed by atoms with Crippen LogP contribution >= 0.6 is 0 Å². The van der Waals surface area contributed by atoms with Crippen molar-refractivity contribution in [3.63, 3.8) is 0 Å². The summed E-state index contributed by atoms with van der Waals surface area (Å²) in [6.07, 6.45) is 3.61. The fourth-order valence-corrected chi connectivity index (χ4v) is 5.09. The molecule has 3 heterocycles. The van der Waals surface area contributed by atoms with Crippen LogP contribution in [0.5, 0.6) is 0 Å². The highest BCUT2D eigenvalue weighted by atomic mass is 16.1. The van der Waals surface area contributed by atoms with Gasteiger partial charge in [0.1, 0.15) is 5.82 Å². The first-order valence-corrected chi connectivity index (χ1v) is 14.0. The van der Waals surface area contributed by atoms with E-state index in [-0.39, 0.29) is 24.1 Å². The Labute approximate surface area is 231 Å².